The van der Waals surface area contributed by atoms with Crippen molar-refractivity contribution in [2.45, 2.75) is 32.4 Å². The Morgan fingerprint density at radius 1 is 1.06 bits per heavy atom. The molecule has 1 aromatic heterocycles. The van der Waals surface area contributed by atoms with E-state index in [1.807, 2.05) is 6.92 Å². The topological polar surface area (TPSA) is 101 Å². The normalized spacial score (nSPS) is 14.2. The molecule has 2 amide bonds. The van der Waals surface area contributed by atoms with Gasteiger partial charge in [0.1, 0.15) is 30.3 Å². The number of furan rings is 1. The Kier molecular flexibility index (Phi) is 6.26. The van der Waals surface area contributed by atoms with Crippen molar-refractivity contribution in [1.29, 1.82) is 0 Å². The van der Waals surface area contributed by atoms with Crippen LogP contribution in [0.2, 0.25) is 0 Å². The maximum Gasteiger partial charge on any atom is 0.258 e. The number of rotatable bonds is 7. The van der Waals surface area contributed by atoms with Crippen LogP contribution in [0.5, 0.6) is 17.2 Å². The van der Waals surface area contributed by atoms with Crippen molar-refractivity contribution < 1.29 is 28.6 Å². The summed E-state index contributed by atoms with van der Waals surface area (Å²) in [5, 5.41) is 13.2. The number of fused-ring (bicyclic) bond motifs is 1. The van der Waals surface area contributed by atoms with Gasteiger partial charge in [-0.1, -0.05) is 19.1 Å². The maximum absolute atomic E-state index is 13.6. The van der Waals surface area contributed by atoms with E-state index in [9.17, 15) is 14.7 Å². The molecule has 4 rings (SSSR count). The molecular weight excluding hydrogens is 424 g/mol. The molecule has 0 saturated heterocycles. The van der Waals surface area contributed by atoms with Gasteiger partial charge in [-0.3, -0.25) is 9.59 Å². The smallest absolute Gasteiger partial charge is 0.258 e. The van der Waals surface area contributed by atoms with Gasteiger partial charge in [-0.2, -0.15) is 0 Å². The minimum Gasteiger partial charge on any atom is -0.507 e. The second-order valence-electron chi connectivity index (χ2n) is 7.93. The Balaban J connectivity index is 1.66. The van der Waals surface area contributed by atoms with E-state index in [1.54, 1.807) is 49.4 Å². The number of para-hydroxylation sites is 1. The highest BCUT2D eigenvalue weighted by atomic mass is 16.6. The summed E-state index contributed by atoms with van der Waals surface area (Å²) in [5.74, 6) is 0.674. The Hall–Kier alpha value is -3.94. The summed E-state index contributed by atoms with van der Waals surface area (Å²) in [5.41, 5.74) is -0.618. The van der Waals surface area contributed by atoms with Crippen molar-refractivity contribution >= 4 is 17.5 Å². The molecule has 33 heavy (non-hydrogen) atoms. The maximum atomic E-state index is 13.6. The number of carbonyl (C=O) groups is 2. The monoisotopic (exact) mass is 450 g/mol. The van der Waals surface area contributed by atoms with Crippen LogP contribution < -0.4 is 14.8 Å². The van der Waals surface area contributed by atoms with Gasteiger partial charge in [0.05, 0.1) is 18.4 Å². The second-order valence-corrected chi connectivity index (χ2v) is 7.93. The summed E-state index contributed by atoms with van der Waals surface area (Å²) in [4.78, 5) is 28.5. The van der Waals surface area contributed by atoms with E-state index in [0.29, 0.717) is 42.6 Å². The van der Waals surface area contributed by atoms with E-state index in [0.717, 1.165) is 0 Å². The van der Waals surface area contributed by atoms with Gasteiger partial charge in [0.25, 0.3) is 5.91 Å². The third-order valence-electron chi connectivity index (χ3n) is 5.85. The number of nitrogens with one attached hydrogen (secondary N) is 1. The lowest BCUT2D eigenvalue weighted by Gasteiger charge is -2.39. The Labute approximate surface area is 191 Å². The number of benzene rings is 2. The number of anilines is 1. The van der Waals surface area contributed by atoms with Gasteiger partial charge in [0.2, 0.25) is 5.91 Å². The molecule has 8 nitrogen and oxygen atoms in total. The van der Waals surface area contributed by atoms with Crippen LogP contribution in [0, 0.1) is 0 Å². The Morgan fingerprint density at radius 3 is 2.52 bits per heavy atom. The lowest BCUT2D eigenvalue weighted by molar-refractivity contribution is -0.126. The SMILES string of the molecule is CC[C@](C)(C(=O)Nc1ccc2c(c1)OCCO2)N(Cc1ccco1)C(=O)c1ccccc1O. The molecule has 1 aliphatic heterocycles. The van der Waals surface area contributed by atoms with E-state index in [2.05, 4.69) is 5.32 Å². The van der Waals surface area contributed by atoms with Crippen LogP contribution in [0.3, 0.4) is 0 Å². The molecule has 1 atom stereocenters. The van der Waals surface area contributed by atoms with Crippen LogP contribution >= 0.6 is 0 Å². The van der Waals surface area contributed by atoms with E-state index in [1.165, 1.54) is 23.3 Å². The first-order valence-electron chi connectivity index (χ1n) is 10.8. The molecule has 0 bridgehead atoms. The van der Waals surface area contributed by atoms with Gasteiger partial charge in [-0.25, -0.2) is 0 Å². The molecule has 2 aromatic carbocycles. The first-order valence-corrected chi connectivity index (χ1v) is 10.8. The van der Waals surface area contributed by atoms with E-state index < -0.39 is 11.4 Å². The largest absolute Gasteiger partial charge is 0.507 e. The van der Waals surface area contributed by atoms with Crippen LogP contribution in [0.4, 0.5) is 5.69 Å². The molecule has 0 spiro atoms. The quantitative estimate of drug-likeness (QED) is 0.559. The molecule has 0 radical (unpaired) electrons. The number of carbonyl (C=O) groups excluding carboxylic acids is 2. The summed E-state index contributed by atoms with van der Waals surface area (Å²) in [6.07, 6.45) is 1.83. The van der Waals surface area contributed by atoms with E-state index in [-0.39, 0.29) is 23.8 Å². The zero-order valence-corrected chi connectivity index (χ0v) is 18.5. The number of nitrogens with zero attached hydrogens (tertiary/aromatic N) is 1. The fourth-order valence-corrected chi connectivity index (χ4v) is 3.69. The molecule has 0 unspecified atom stereocenters. The van der Waals surface area contributed by atoms with Crippen molar-refractivity contribution in [3.63, 3.8) is 0 Å². The summed E-state index contributed by atoms with van der Waals surface area (Å²) < 4.78 is 16.6. The summed E-state index contributed by atoms with van der Waals surface area (Å²) in [7, 11) is 0. The van der Waals surface area contributed by atoms with Gasteiger partial charge < -0.3 is 29.2 Å². The number of hydrogen-bond acceptors (Lipinski definition) is 6. The van der Waals surface area contributed by atoms with Crippen LogP contribution in [0.1, 0.15) is 36.4 Å². The molecule has 0 fully saturated rings. The molecule has 2 heterocycles. The standard InChI is InChI=1S/C25H26N2O6/c1-3-25(2,24(30)26-17-10-11-21-22(15-17)33-14-13-32-21)27(16-18-7-6-12-31-18)23(29)19-8-4-5-9-20(19)28/h4-12,15,28H,3,13-14,16H2,1-2H3,(H,26,30)/t25-/m1/s1. The number of hydrogen-bond donors (Lipinski definition) is 2. The molecule has 1 aliphatic rings. The van der Waals surface area contributed by atoms with Gasteiger partial charge in [-0.05, 0) is 49.7 Å². The van der Waals surface area contributed by atoms with E-state index in [4.69, 9.17) is 13.9 Å². The van der Waals surface area contributed by atoms with E-state index >= 15 is 0 Å². The average molecular weight is 450 g/mol. The number of amides is 2. The van der Waals surface area contributed by atoms with Crippen LogP contribution in [-0.2, 0) is 11.3 Å². The first-order chi connectivity index (χ1) is 15.9. The average Bonchev–Trinajstić information content (AvgIpc) is 3.35. The van der Waals surface area contributed by atoms with Crippen LogP contribution in [0.25, 0.3) is 0 Å². The predicted octanol–water partition coefficient (Wildman–Crippen LogP) is 4.21. The zero-order chi connectivity index (χ0) is 23.4. The molecule has 2 N–H and O–H groups in total. The predicted molar refractivity (Wildman–Crippen MR) is 121 cm³/mol. The fourth-order valence-electron chi connectivity index (χ4n) is 3.69. The Bertz CT molecular complexity index is 1140. The first kappa shape index (κ1) is 22.3. The van der Waals surface area contributed by atoms with Gasteiger partial charge in [-0.15, -0.1) is 0 Å². The van der Waals surface area contributed by atoms with Gasteiger partial charge in [0, 0.05) is 11.8 Å². The third-order valence-corrected chi connectivity index (χ3v) is 5.85. The highest BCUT2D eigenvalue weighted by Gasteiger charge is 2.42. The van der Waals surface area contributed by atoms with Crippen molar-refractivity contribution in [3.8, 4) is 17.2 Å². The number of phenolic OH excluding ortho intramolecular Hbond substituents is 1. The van der Waals surface area contributed by atoms with Crippen molar-refractivity contribution in [3.05, 3.63) is 72.2 Å². The van der Waals surface area contributed by atoms with Crippen molar-refractivity contribution in [2.24, 2.45) is 0 Å². The molecular formula is C25H26N2O6. The zero-order valence-electron chi connectivity index (χ0n) is 18.5. The minimum absolute atomic E-state index is 0.0546. The van der Waals surface area contributed by atoms with Gasteiger partial charge >= 0.3 is 0 Å². The number of aromatic hydroxyl groups is 1. The lowest BCUT2D eigenvalue weighted by Crippen LogP contribution is -2.56. The molecule has 3 aromatic rings. The second kappa shape index (κ2) is 9.28. The summed E-state index contributed by atoms with van der Waals surface area (Å²) in [6.45, 7) is 4.49. The van der Waals surface area contributed by atoms with Gasteiger partial charge in [0.15, 0.2) is 11.5 Å². The van der Waals surface area contributed by atoms with Crippen molar-refractivity contribution in [2.75, 3.05) is 18.5 Å². The molecule has 8 heteroatoms. The minimum atomic E-state index is -1.25. The number of phenols is 1. The lowest BCUT2D eigenvalue weighted by atomic mass is 9.93. The molecule has 0 saturated carbocycles. The molecule has 172 valence electrons. The highest BCUT2D eigenvalue weighted by molar-refractivity contribution is 6.04. The van der Waals surface area contributed by atoms with Crippen molar-refractivity contribution in [1.82, 2.24) is 4.90 Å². The van der Waals surface area contributed by atoms with Crippen LogP contribution in [-0.4, -0.2) is 40.6 Å². The van der Waals surface area contributed by atoms with Crippen LogP contribution in [0.15, 0.2) is 65.3 Å². The summed E-state index contributed by atoms with van der Waals surface area (Å²) in [6, 6.07) is 14.9. The molecule has 0 aliphatic carbocycles. The highest BCUT2D eigenvalue weighted by Crippen LogP contribution is 2.34. The fraction of sp³-hybridized carbons (Fsp3) is 0.280. The summed E-state index contributed by atoms with van der Waals surface area (Å²) >= 11 is 0. The number of ether oxygens (including phenoxy) is 2. The third kappa shape index (κ3) is 4.50. The Morgan fingerprint density at radius 2 is 1.82 bits per heavy atom.